The van der Waals surface area contributed by atoms with E-state index in [-0.39, 0.29) is 6.47 Å². The van der Waals surface area contributed by atoms with Crippen molar-refractivity contribution in [3.8, 4) is 12.3 Å². The van der Waals surface area contributed by atoms with Gasteiger partial charge in [-0.25, -0.2) is 0 Å². The predicted molar refractivity (Wildman–Crippen MR) is 32.9 cm³/mol. The minimum Gasteiger partial charge on any atom is -0.458 e. The van der Waals surface area contributed by atoms with Crippen molar-refractivity contribution in [2.75, 3.05) is 6.61 Å². The molecule has 0 aliphatic heterocycles. The van der Waals surface area contributed by atoms with Crippen LogP contribution in [0.15, 0.2) is 0 Å². The van der Waals surface area contributed by atoms with Crippen LogP contribution in [0.3, 0.4) is 0 Å². The smallest absolute Gasteiger partial charge is 0.293 e. The van der Waals surface area contributed by atoms with Gasteiger partial charge in [-0.1, -0.05) is 5.92 Å². The van der Waals surface area contributed by atoms with Crippen LogP contribution in [-0.4, -0.2) is 35.5 Å². The van der Waals surface area contributed by atoms with Crippen molar-refractivity contribution in [2.45, 2.75) is 12.2 Å². The Labute approximate surface area is 58.4 Å². The van der Waals surface area contributed by atoms with E-state index in [2.05, 4.69) is 4.74 Å². The molecule has 2 unspecified atom stereocenters. The van der Waals surface area contributed by atoms with Crippen LogP contribution in [0.25, 0.3) is 0 Å². The number of rotatable bonds is 4. The van der Waals surface area contributed by atoms with Crippen LogP contribution < -0.4 is 0 Å². The summed E-state index contributed by atoms with van der Waals surface area (Å²) in [6, 6.07) is 0. The van der Waals surface area contributed by atoms with E-state index in [9.17, 15) is 4.79 Å². The highest BCUT2D eigenvalue weighted by atomic mass is 16.5. The highest BCUT2D eigenvalue weighted by molar-refractivity contribution is 5.37. The van der Waals surface area contributed by atoms with Gasteiger partial charge in [0.25, 0.3) is 6.47 Å². The van der Waals surface area contributed by atoms with Crippen molar-refractivity contribution in [3.05, 3.63) is 0 Å². The summed E-state index contributed by atoms with van der Waals surface area (Å²) in [6.07, 6.45) is 2.52. The van der Waals surface area contributed by atoms with Crippen molar-refractivity contribution >= 4 is 6.47 Å². The highest BCUT2D eigenvalue weighted by Gasteiger charge is 2.15. The fourth-order valence-electron chi connectivity index (χ4n) is 0.396. The van der Waals surface area contributed by atoms with Crippen LogP contribution >= 0.6 is 0 Å². The first-order valence-electron chi connectivity index (χ1n) is 2.60. The third-order valence-corrected chi connectivity index (χ3v) is 0.933. The lowest BCUT2D eigenvalue weighted by molar-refractivity contribution is -0.140. The van der Waals surface area contributed by atoms with Crippen LogP contribution in [0.2, 0.25) is 0 Å². The Balaban J connectivity index is 3.82. The Morgan fingerprint density at radius 2 is 2.40 bits per heavy atom. The standard InChI is InChI=1S/C6H8O4/c1-2-5(9)6(3-7)10-4-8/h1,4-7,9H,3H2. The normalized spacial score (nSPS) is 14.9. The summed E-state index contributed by atoms with van der Waals surface area (Å²) in [7, 11) is 0. The van der Waals surface area contributed by atoms with E-state index in [1.807, 2.05) is 5.92 Å². The van der Waals surface area contributed by atoms with Gasteiger partial charge < -0.3 is 14.9 Å². The lowest BCUT2D eigenvalue weighted by Crippen LogP contribution is -2.30. The van der Waals surface area contributed by atoms with Crippen molar-refractivity contribution in [1.82, 2.24) is 0 Å². The van der Waals surface area contributed by atoms with Crippen molar-refractivity contribution in [2.24, 2.45) is 0 Å². The van der Waals surface area contributed by atoms with Crippen LogP contribution in [0.1, 0.15) is 0 Å². The van der Waals surface area contributed by atoms with Gasteiger partial charge in [0, 0.05) is 0 Å². The molecule has 0 saturated carbocycles. The van der Waals surface area contributed by atoms with E-state index < -0.39 is 18.8 Å². The minimum atomic E-state index is -1.24. The second kappa shape index (κ2) is 4.79. The van der Waals surface area contributed by atoms with Gasteiger partial charge in [-0.2, -0.15) is 0 Å². The number of hydrogen-bond donors (Lipinski definition) is 2. The largest absolute Gasteiger partial charge is 0.458 e. The molecule has 0 aromatic carbocycles. The average Bonchev–Trinajstić information content (AvgIpc) is 1.99. The monoisotopic (exact) mass is 144 g/mol. The van der Waals surface area contributed by atoms with E-state index in [0.717, 1.165) is 0 Å². The van der Waals surface area contributed by atoms with Crippen LogP contribution in [0, 0.1) is 12.3 Å². The van der Waals surface area contributed by atoms with Gasteiger partial charge in [-0.3, -0.25) is 4.79 Å². The molecule has 0 aliphatic carbocycles. The Hall–Kier alpha value is -1.05. The quantitative estimate of drug-likeness (QED) is 0.373. The van der Waals surface area contributed by atoms with Gasteiger partial charge in [0.2, 0.25) is 0 Å². The molecule has 4 heteroatoms. The molecule has 56 valence electrons. The van der Waals surface area contributed by atoms with E-state index in [1.54, 1.807) is 0 Å². The minimum absolute atomic E-state index is 0.126. The lowest BCUT2D eigenvalue weighted by atomic mass is 10.2. The van der Waals surface area contributed by atoms with Crippen LogP contribution in [0.5, 0.6) is 0 Å². The van der Waals surface area contributed by atoms with Gasteiger partial charge >= 0.3 is 0 Å². The molecule has 0 aliphatic rings. The third-order valence-electron chi connectivity index (χ3n) is 0.933. The van der Waals surface area contributed by atoms with Crippen LogP contribution in [0.4, 0.5) is 0 Å². The summed E-state index contributed by atoms with van der Waals surface area (Å²) >= 11 is 0. The average molecular weight is 144 g/mol. The van der Waals surface area contributed by atoms with Crippen molar-refractivity contribution in [1.29, 1.82) is 0 Å². The molecular weight excluding hydrogens is 136 g/mol. The first-order valence-corrected chi connectivity index (χ1v) is 2.60. The van der Waals surface area contributed by atoms with E-state index in [0.29, 0.717) is 0 Å². The Morgan fingerprint density at radius 1 is 1.80 bits per heavy atom. The van der Waals surface area contributed by atoms with E-state index in [1.165, 1.54) is 0 Å². The number of aliphatic hydroxyl groups excluding tert-OH is 2. The zero-order valence-electron chi connectivity index (χ0n) is 5.23. The second-order valence-electron chi connectivity index (χ2n) is 1.56. The summed E-state index contributed by atoms with van der Waals surface area (Å²) in [6.45, 7) is -0.356. The van der Waals surface area contributed by atoms with Gasteiger partial charge in [-0.05, 0) is 0 Å². The fourth-order valence-corrected chi connectivity index (χ4v) is 0.396. The molecule has 0 amide bonds. The summed E-state index contributed by atoms with van der Waals surface area (Å²) in [4.78, 5) is 9.68. The molecular formula is C6H8O4. The second-order valence-corrected chi connectivity index (χ2v) is 1.56. The Bertz CT molecular complexity index is 137. The number of carbonyl (C=O) groups is 1. The molecule has 0 saturated heterocycles. The highest BCUT2D eigenvalue weighted by Crippen LogP contribution is 1.94. The summed E-state index contributed by atoms with van der Waals surface area (Å²) < 4.78 is 4.22. The van der Waals surface area contributed by atoms with Crippen molar-refractivity contribution < 1.29 is 19.7 Å². The van der Waals surface area contributed by atoms with E-state index in [4.69, 9.17) is 16.6 Å². The van der Waals surface area contributed by atoms with Gasteiger partial charge in [0.05, 0.1) is 6.61 Å². The fraction of sp³-hybridized carbons (Fsp3) is 0.500. The molecule has 2 atom stereocenters. The molecule has 0 fully saturated rings. The summed E-state index contributed by atoms with van der Waals surface area (Å²) in [5.74, 6) is 1.91. The topological polar surface area (TPSA) is 66.8 Å². The maximum atomic E-state index is 9.68. The molecule has 0 aromatic rings. The molecule has 4 nitrogen and oxygen atoms in total. The molecule has 0 spiro atoms. The predicted octanol–water partition coefficient (Wildman–Crippen LogP) is -1.49. The van der Waals surface area contributed by atoms with Crippen LogP contribution in [-0.2, 0) is 9.53 Å². The molecule has 0 rings (SSSR count). The maximum Gasteiger partial charge on any atom is 0.293 e. The molecule has 0 radical (unpaired) electrons. The number of aliphatic hydroxyl groups is 2. The first-order chi connectivity index (χ1) is 4.76. The molecule has 2 N–H and O–H groups in total. The lowest BCUT2D eigenvalue weighted by Gasteiger charge is -2.13. The molecule has 10 heavy (non-hydrogen) atoms. The third kappa shape index (κ3) is 2.49. The number of hydrogen-bond acceptors (Lipinski definition) is 4. The van der Waals surface area contributed by atoms with E-state index >= 15 is 0 Å². The number of ether oxygens (including phenoxy) is 1. The van der Waals surface area contributed by atoms with Gasteiger partial charge in [0.1, 0.15) is 0 Å². The first kappa shape index (κ1) is 8.95. The SMILES string of the molecule is C#CC(O)C(CO)OC=O. The zero-order chi connectivity index (χ0) is 7.98. The summed E-state index contributed by atoms with van der Waals surface area (Å²) in [5.41, 5.74) is 0. The van der Waals surface area contributed by atoms with Crippen molar-refractivity contribution in [3.63, 3.8) is 0 Å². The Morgan fingerprint density at radius 3 is 2.70 bits per heavy atom. The summed E-state index contributed by atoms with van der Waals surface area (Å²) in [5, 5.41) is 17.2. The Kier molecular flexibility index (Phi) is 4.29. The zero-order valence-corrected chi connectivity index (χ0v) is 5.23. The van der Waals surface area contributed by atoms with Gasteiger partial charge in [0.15, 0.2) is 12.2 Å². The number of terminal acetylenes is 1. The molecule has 0 bridgehead atoms. The molecule has 0 aromatic heterocycles. The van der Waals surface area contributed by atoms with Gasteiger partial charge in [-0.15, -0.1) is 6.42 Å². The number of carbonyl (C=O) groups excluding carboxylic acids is 1. The maximum absolute atomic E-state index is 9.68. The molecule has 0 heterocycles.